The van der Waals surface area contributed by atoms with Crippen LogP contribution < -0.4 is 16.6 Å². The number of hydrazine groups is 1. The molecular formula is C12H20N4. The Bertz CT molecular complexity index is 308. The van der Waals surface area contributed by atoms with Crippen molar-refractivity contribution in [3.63, 3.8) is 0 Å². The topological polar surface area (TPSA) is 62.4 Å². The molecule has 0 saturated carbocycles. The van der Waals surface area contributed by atoms with Crippen LogP contribution >= 0.6 is 0 Å². The Hall–Kier alpha value is -1.55. The molecule has 4 nitrogen and oxygen atoms in total. The van der Waals surface area contributed by atoms with Crippen LogP contribution in [0.3, 0.4) is 0 Å². The smallest absolute Gasteiger partial charge is 0.205 e. The summed E-state index contributed by atoms with van der Waals surface area (Å²) in [6.07, 6.45) is 1.99. The van der Waals surface area contributed by atoms with Crippen molar-refractivity contribution in [3.8, 4) is 0 Å². The first-order valence-corrected chi connectivity index (χ1v) is 5.65. The van der Waals surface area contributed by atoms with Crippen molar-refractivity contribution < 1.29 is 0 Å². The van der Waals surface area contributed by atoms with Gasteiger partial charge in [0.15, 0.2) is 0 Å². The van der Waals surface area contributed by atoms with Crippen molar-refractivity contribution in [3.05, 3.63) is 35.9 Å². The second-order valence-corrected chi connectivity index (χ2v) is 3.54. The second-order valence-electron chi connectivity index (χ2n) is 3.54. The highest BCUT2D eigenvalue weighted by atomic mass is 15.3. The lowest BCUT2D eigenvalue weighted by Crippen LogP contribution is -2.42. The summed E-state index contributed by atoms with van der Waals surface area (Å²) in [6, 6.07) is 10.3. The minimum Gasteiger partial charge on any atom is -0.355 e. The molecule has 16 heavy (non-hydrogen) atoms. The number of nitrogens with one attached hydrogen (secondary N) is 2. The molecule has 0 amide bonds. The molecule has 0 unspecified atom stereocenters. The lowest BCUT2D eigenvalue weighted by molar-refractivity contribution is 0.799. The molecule has 0 aromatic heterocycles. The lowest BCUT2D eigenvalue weighted by atomic mass is 10.1. The predicted molar refractivity (Wildman–Crippen MR) is 68.1 cm³/mol. The normalized spacial score (nSPS) is 11.2. The zero-order chi connectivity index (χ0) is 11.6. The Morgan fingerprint density at radius 3 is 2.69 bits per heavy atom. The van der Waals surface area contributed by atoms with Gasteiger partial charge in [-0.05, 0) is 18.4 Å². The van der Waals surface area contributed by atoms with Gasteiger partial charge in [-0.25, -0.2) is 5.84 Å². The van der Waals surface area contributed by atoms with Crippen LogP contribution in [0, 0.1) is 0 Å². The fourth-order valence-corrected chi connectivity index (χ4v) is 1.35. The molecule has 0 fully saturated rings. The van der Waals surface area contributed by atoms with Gasteiger partial charge in [0, 0.05) is 13.1 Å². The molecule has 0 aliphatic carbocycles. The fraction of sp³-hybridized carbons (Fsp3) is 0.417. The van der Waals surface area contributed by atoms with Crippen LogP contribution in [0.4, 0.5) is 0 Å². The molecule has 4 heteroatoms. The highest BCUT2D eigenvalue weighted by Gasteiger charge is 1.95. The summed E-state index contributed by atoms with van der Waals surface area (Å²) in [7, 11) is 0. The zero-order valence-corrected chi connectivity index (χ0v) is 9.74. The summed E-state index contributed by atoms with van der Waals surface area (Å²) >= 11 is 0. The third kappa shape index (κ3) is 4.79. The highest BCUT2D eigenvalue weighted by molar-refractivity contribution is 5.79. The molecule has 0 aliphatic rings. The first-order chi connectivity index (χ1) is 7.86. The number of hydrogen-bond donors (Lipinski definition) is 3. The third-order valence-electron chi connectivity index (χ3n) is 2.18. The maximum Gasteiger partial charge on any atom is 0.205 e. The Kier molecular flexibility index (Phi) is 6.03. The van der Waals surface area contributed by atoms with E-state index in [2.05, 4.69) is 34.8 Å². The van der Waals surface area contributed by atoms with E-state index in [0.29, 0.717) is 5.96 Å². The van der Waals surface area contributed by atoms with E-state index in [1.54, 1.807) is 0 Å². The molecule has 0 heterocycles. The maximum absolute atomic E-state index is 5.35. The Balaban J connectivity index is 2.28. The summed E-state index contributed by atoms with van der Waals surface area (Å²) in [5, 5.41) is 3.17. The number of aliphatic imine (C=N–C) groups is 1. The van der Waals surface area contributed by atoms with Crippen molar-refractivity contribution in [2.75, 3.05) is 13.1 Å². The number of nitrogens with zero attached hydrogens (tertiary/aromatic N) is 1. The van der Waals surface area contributed by atoms with Crippen LogP contribution in [-0.4, -0.2) is 19.0 Å². The van der Waals surface area contributed by atoms with Gasteiger partial charge in [-0.1, -0.05) is 37.3 Å². The van der Waals surface area contributed by atoms with Gasteiger partial charge in [-0.15, -0.1) is 0 Å². The van der Waals surface area contributed by atoms with Gasteiger partial charge < -0.3 is 5.32 Å². The first-order valence-electron chi connectivity index (χ1n) is 5.65. The Morgan fingerprint density at radius 1 is 1.31 bits per heavy atom. The van der Waals surface area contributed by atoms with Crippen LogP contribution in [0.5, 0.6) is 0 Å². The van der Waals surface area contributed by atoms with Crippen LogP contribution in [0.15, 0.2) is 35.3 Å². The predicted octanol–water partition coefficient (Wildman–Crippen LogP) is 1.05. The zero-order valence-electron chi connectivity index (χ0n) is 9.74. The van der Waals surface area contributed by atoms with Crippen molar-refractivity contribution in [1.29, 1.82) is 0 Å². The number of rotatable bonds is 5. The standard InChI is InChI=1S/C12H20N4/c1-2-9-14-12(16-13)15-10-8-11-6-4-3-5-7-11/h3-7H,2,8-10,13H2,1H3,(H2,14,15,16). The fourth-order valence-electron chi connectivity index (χ4n) is 1.35. The van der Waals surface area contributed by atoms with Gasteiger partial charge in [0.05, 0.1) is 0 Å². The molecule has 1 rings (SSSR count). The van der Waals surface area contributed by atoms with Crippen LogP contribution in [0.1, 0.15) is 18.9 Å². The molecule has 88 valence electrons. The lowest BCUT2D eigenvalue weighted by Gasteiger charge is -2.08. The van der Waals surface area contributed by atoms with E-state index in [1.807, 2.05) is 18.2 Å². The highest BCUT2D eigenvalue weighted by Crippen LogP contribution is 1.97. The Morgan fingerprint density at radius 2 is 2.06 bits per heavy atom. The maximum atomic E-state index is 5.35. The van der Waals surface area contributed by atoms with Gasteiger partial charge in [0.25, 0.3) is 0 Å². The van der Waals surface area contributed by atoms with Crippen molar-refractivity contribution >= 4 is 5.96 Å². The number of hydrogen-bond acceptors (Lipinski definition) is 2. The third-order valence-corrected chi connectivity index (χ3v) is 2.18. The van der Waals surface area contributed by atoms with Crippen molar-refractivity contribution in [2.45, 2.75) is 19.8 Å². The van der Waals surface area contributed by atoms with Gasteiger partial charge in [-0.3, -0.25) is 10.4 Å². The number of nitrogens with two attached hydrogens (primary N) is 1. The largest absolute Gasteiger partial charge is 0.355 e. The van der Waals surface area contributed by atoms with E-state index in [1.165, 1.54) is 5.56 Å². The first kappa shape index (κ1) is 12.5. The average molecular weight is 220 g/mol. The monoisotopic (exact) mass is 220 g/mol. The minimum absolute atomic E-state index is 0.665. The quantitative estimate of drug-likeness (QED) is 0.301. The molecular weight excluding hydrogens is 200 g/mol. The van der Waals surface area contributed by atoms with Gasteiger partial charge >= 0.3 is 0 Å². The summed E-state index contributed by atoms with van der Waals surface area (Å²) < 4.78 is 0. The van der Waals surface area contributed by atoms with Gasteiger partial charge in [0.1, 0.15) is 0 Å². The van der Waals surface area contributed by atoms with Crippen molar-refractivity contribution in [1.82, 2.24) is 10.7 Å². The summed E-state index contributed by atoms with van der Waals surface area (Å²) in [5.41, 5.74) is 3.87. The number of benzene rings is 1. The van der Waals surface area contributed by atoms with Gasteiger partial charge in [-0.2, -0.15) is 0 Å². The molecule has 0 radical (unpaired) electrons. The van der Waals surface area contributed by atoms with Crippen LogP contribution in [0.25, 0.3) is 0 Å². The van der Waals surface area contributed by atoms with E-state index in [9.17, 15) is 0 Å². The minimum atomic E-state index is 0.665. The summed E-state index contributed by atoms with van der Waals surface area (Å²) in [5.74, 6) is 6.01. The summed E-state index contributed by atoms with van der Waals surface area (Å²) in [4.78, 5) is 4.26. The second kappa shape index (κ2) is 7.70. The van der Waals surface area contributed by atoms with E-state index < -0.39 is 0 Å². The molecule has 4 N–H and O–H groups in total. The molecule has 0 bridgehead atoms. The van der Waals surface area contributed by atoms with E-state index in [0.717, 1.165) is 25.9 Å². The molecule has 0 spiro atoms. The molecule has 0 aliphatic heterocycles. The average Bonchev–Trinajstić information content (AvgIpc) is 2.35. The molecule has 0 saturated heterocycles. The Labute approximate surface area is 96.9 Å². The van der Waals surface area contributed by atoms with Crippen molar-refractivity contribution in [2.24, 2.45) is 10.8 Å². The molecule has 1 aromatic rings. The van der Waals surface area contributed by atoms with E-state index in [-0.39, 0.29) is 0 Å². The van der Waals surface area contributed by atoms with Crippen LogP contribution in [-0.2, 0) is 6.42 Å². The SMILES string of the molecule is CCCN=C(NN)NCCc1ccccc1. The number of guanidine groups is 1. The molecule has 1 aromatic carbocycles. The van der Waals surface area contributed by atoms with E-state index >= 15 is 0 Å². The van der Waals surface area contributed by atoms with E-state index in [4.69, 9.17) is 5.84 Å². The molecule has 0 atom stereocenters. The van der Waals surface area contributed by atoms with Crippen LogP contribution in [0.2, 0.25) is 0 Å². The van der Waals surface area contributed by atoms with Gasteiger partial charge in [0.2, 0.25) is 5.96 Å². The summed E-state index contributed by atoms with van der Waals surface area (Å²) in [6.45, 7) is 3.70.